The summed E-state index contributed by atoms with van der Waals surface area (Å²) in [5.41, 5.74) is 2.31. The Labute approximate surface area is 162 Å². The second kappa shape index (κ2) is 8.09. The van der Waals surface area contributed by atoms with Crippen LogP contribution in [-0.2, 0) is 6.42 Å². The summed E-state index contributed by atoms with van der Waals surface area (Å²) in [6.07, 6.45) is 11.0. The van der Waals surface area contributed by atoms with Gasteiger partial charge >= 0.3 is 6.11 Å². The van der Waals surface area contributed by atoms with E-state index in [-0.39, 0.29) is 6.42 Å². The van der Waals surface area contributed by atoms with Gasteiger partial charge in [0.25, 0.3) is 0 Å². The Morgan fingerprint density at radius 3 is 2.30 bits per heavy atom. The van der Waals surface area contributed by atoms with Crippen molar-refractivity contribution < 1.29 is 13.5 Å². The molecule has 0 spiro atoms. The van der Waals surface area contributed by atoms with Crippen LogP contribution < -0.4 is 4.74 Å². The molecule has 1 aromatic carbocycles. The van der Waals surface area contributed by atoms with Gasteiger partial charge < -0.3 is 4.74 Å². The van der Waals surface area contributed by atoms with Gasteiger partial charge in [-0.05, 0) is 85.8 Å². The molecule has 150 valence electrons. The number of hydrogen-bond donors (Lipinski definition) is 0. The van der Waals surface area contributed by atoms with Gasteiger partial charge in [0.1, 0.15) is 5.75 Å². The first kappa shape index (κ1) is 19.2. The Morgan fingerprint density at radius 2 is 1.63 bits per heavy atom. The molecule has 2 saturated carbocycles. The molecule has 2 aliphatic carbocycles. The minimum atomic E-state index is -3.00. The van der Waals surface area contributed by atoms with E-state index < -0.39 is 6.11 Å². The van der Waals surface area contributed by atoms with Crippen LogP contribution in [-0.4, -0.2) is 6.11 Å². The van der Waals surface area contributed by atoms with Gasteiger partial charge in [-0.2, -0.15) is 8.78 Å². The molecule has 1 nitrogen and oxygen atoms in total. The maximum absolute atomic E-state index is 13.4. The van der Waals surface area contributed by atoms with Crippen molar-refractivity contribution in [3.63, 3.8) is 0 Å². The topological polar surface area (TPSA) is 9.23 Å². The zero-order chi connectivity index (χ0) is 18.9. The van der Waals surface area contributed by atoms with Crippen molar-refractivity contribution in [1.29, 1.82) is 0 Å². The van der Waals surface area contributed by atoms with Gasteiger partial charge in [0, 0.05) is 0 Å². The van der Waals surface area contributed by atoms with E-state index in [1.807, 2.05) is 6.07 Å². The summed E-state index contributed by atoms with van der Waals surface area (Å²) < 4.78 is 31.7. The van der Waals surface area contributed by atoms with Crippen LogP contribution >= 0.6 is 0 Å². The highest BCUT2D eigenvalue weighted by Crippen LogP contribution is 2.45. The number of rotatable bonds is 4. The monoisotopic (exact) mass is 376 g/mol. The van der Waals surface area contributed by atoms with Gasteiger partial charge in [0.15, 0.2) is 0 Å². The van der Waals surface area contributed by atoms with Crippen molar-refractivity contribution >= 4 is 0 Å². The minimum Gasteiger partial charge on any atom is -0.432 e. The van der Waals surface area contributed by atoms with Crippen molar-refractivity contribution in [3.05, 3.63) is 29.3 Å². The Kier molecular flexibility index (Phi) is 5.75. The quantitative estimate of drug-likeness (QED) is 0.529. The predicted molar refractivity (Wildman–Crippen MR) is 105 cm³/mol. The second-order valence-corrected chi connectivity index (χ2v) is 9.29. The molecular weight excluding hydrogens is 342 g/mol. The molecule has 0 amide bonds. The summed E-state index contributed by atoms with van der Waals surface area (Å²) in [5, 5.41) is 0. The van der Waals surface area contributed by atoms with Gasteiger partial charge in [-0.3, -0.25) is 0 Å². The van der Waals surface area contributed by atoms with Crippen LogP contribution in [0.25, 0.3) is 0 Å². The molecule has 3 heteroatoms. The molecule has 0 bridgehead atoms. The first-order chi connectivity index (χ1) is 13.0. The molecule has 1 aromatic rings. The Bertz CT molecular complexity index is 625. The van der Waals surface area contributed by atoms with Gasteiger partial charge in [0.05, 0.1) is 6.42 Å². The van der Waals surface area contributed by atoms with E-state index in [1.54, 1.807) is 6.07 Å². The van der Waals surface area contributed by atoms with Crippen LogP contribution in [0.5, 0.6) is 5.75 Å². The summed E-state index contributed by atoms with van der Waals surface area (Å²) in [7, 11) is 0. The fourth-order valence-corrected chi connectivity index (χ4v) is 5.92. The summed E-state index contributed by atoms with van der Waals surface area (Å²) in [6.45, 7) is 2.31. The number of halogens is 2. The van der Waals surface area contributed by atoms with E-state index >= 15 is 0 Å². The highest BCUT2D eigenvalue weighted by atomic mass is 19.3. The lowest BCUT2D eigenvalue weighted by atomic mass is 9.68. The number of benzene rings is 1. The van der Waals surface area contributed by atoms with Gasteiger partial charge in [-0.15, -0.1) is 0 Å². The van der Waals surface area contributed by atoms with Gasteiger partial charge in [-0.1, -0.05) is 44.7 Å². The molecule has 0 atom stereocenters. The van der Waals surface area contributed by atoms with Crippen LogP contribution in [0.3, 0.4) is 0 Å². The van der Waals surface area contributed by atoms with Crippen LogP contribution in [0.4, 0.5) is 8.78 Å². The third-order valence-electron chi connectivity index (χ3n) is 7.53. The predicted octanol–water partition coefficient (Wildman–Crippen LogP) is 7.48. The molecule has 27 heavy (non-hydrogen) atoms. The minimum absolute atomic E-state index is 0.198. The smallest absolute Gasteiger partial charge is 0.398 e. The van der Waals surface area contributed by atoms with Crippen molar-refractivity contribution in [2.45, 2.75) is 96.0 Å². The van der Waals surface area contributed by atoms with Crippen LogP contribution in [0.1, 0.15) is 94.6 Å². The van der Waals surface area contributed by atoms with E-state index in [0.29, 0.717) is 18.1 Å². The normalized spacial score (nSPS) is 33.1. The van der Waals surface area contributed by atoms with Crippen molar-refractivity contribution in [3.8, 4) is 5.75 Å². The zero-order valence-corrected chi connectivity index (χ0v) is 16.7. The third-order valence-corrected chi connectivity index (χ3v) is 7.53. The number of fused-ring (bicyclic) bond motifs is 1. The Balaban J connectivity index is 1.31. The standard InChI is InChI=1S/C24H34F2O/c1-2-3-17-4-6-18(7-5-17)19-8-10-20(11-9-19)21-12-13-23-22(16-21)14-15-24(25,26)27-23/h12-13,16-20H,2-11,14-15H2,1H3. The molecule has 0 saturated heterocycles. The fourth-order valence-electron chi connectivity index (χ4n) is 5.92. The molecule has 2 fully saturated rings. The molecule has 1 aliphatic heterocycles. The first-order valence-corrected chi connectivity index (χ1v) is 11.2. The molecule has 3 aliphatic rings. The van der Waals surface area contributed by atoms with Crippen molar-refractivity contribution in [2.24, 2.45) is 17.8 Å². The molecule has 0 radical (unpaired) electrons. The first-order valence-electron chi connectivity index (χ1n) is 11.2. The summed E-state index contributed by atoms with van der Waals surface area (Å²) in [5.74, 6) is 3.85. The van der Waals surface area contributed by atoms with Crippen LogP contribution in [0, 0.1) is 17.8 Å². The lowest BCUT2D eigenvalue weighted by molar-refractivity contribution is -0.187. The SMILES string of the molecule is CCCC1CCC(C2CCC(c3ccc4c(c3)CCC(F)(F)O4)CC2)CC1. The number of aryl methyl sites for hydroxylation is 1. The van der Waals surface area contributed by atoms with Crippen LogP contribution in [0.15, 0.2) is 18.2 Å². The highest BCUT2D eigenvalue weighted by molar-refractivity contribution is 5.40. The van der Waals surface area contributed by atoms with E-state index in [1.165, 1.54) is 69.8 Å². The lowest BCUT2D eigenvalue weighted by Crippen LogP contribution is -2.29. The highest BCUT2D eigenvalue weighted by Gasteiger charge is 2.36. The maximum Gasteiger partial charge on any atom is 0.398 e. The molecule has 1 heterocycles. The van der Waals surface area contributed by atoms with Crippen LogP contribution in [0.2, 0.25) is 0 Å². The van der Waals surface area contributed by atoms with Gasteiger partial charge in [-0.25, -0.2) is 0 Å². The summed E-state index contributed by atoms with van der Waals surface area (Å²) in [4.78, 5) is 0. The van der Waals surface area contributed by atoms with E-state index in [9.17, 15) is 8.78 Å². The van der Waals surface area contributed by atoms with E-state index in [4.69, 9.17) is 4.74 Å². The van der Waals surface area contributed by atoms with E-state index in [2.05, 4.69) is 13.0 Å². The number of hydrogen-bond acceptors (Lipinski definition) is 1. The Morgan fingerprint density at radius 1 is 0.963 bits per heavy atom. The van der Waals surface area contributed by atoms with Crippen molar-refractivity contribution in [1.82, 2.24) is 0 Å². The zero-order valence-electron chi connectivity index (χ0n) is 16.7. The summed E-state index contributed by atoms with van der Waals surface area (Å²) >= 11 is 0. The number of alkyl halides is 2. The van der Waals surface area contributed by atoms with E-state index in [0.717, 1.165) is 23.3 Å². The molecule has 0 unspecified atom stereocenters. The average molecular weight is 377 g/mol. The molecule has 4 rings (SSSR count). The third kappa shape index (κ3) is 4.49. The van der Waals surface area contributed by atoms with Gasteiger partial charge in [0.2, 0.25) is 0 Å². The fraction of sp³-hybridized carbons (Fsp3) is 0.750. The molecule has 0 N–H and O–H groups in total. The van der Waals surface area contributed by atoms with Crippen molar-refractivity contribution in [2.75, 3.05) is 0 Å². The molecule has 0 aromatic heterocycles. The summed E-state index contributed by atoms with van der Waals surface area (Å²) in [6, 6.07) is 5.95. The average Bonchev–Trinajstić information content (AvgIpc) is 2.68. The lowest BCUT2D eigenvalue weighted by Gasteiger charge is -2.38. The maximum atomic E-state index is 13.4. The second-order valence-electron chi connectivity index (χ2n) is 9.29. The Hall–Kier alpha value is -1.12. The number of ether oxygens (including phenoxy) is 1. The molecular formula is C24H34F2O. The largest absolute Gasteiger partial charge is 0.432 e.